The summed E-state index contributed by atoms with van der Waals surface area (Å²) in [4.78, 5) is 11.6. The highest BCUT2D eigenvalue weighted by molar-refractivity contribution is 5.86. The van der Waals surface area contributed by atoms with Gasteiger partial charge in [-0.3, -0.25) is 4.79 Å². The van der Waals surface area contributed by atoms with Gasteiger partial charge in [-0.1, -0.05) is 29.8 Å². The Morgan fingerprint density at radius 1 is 1.29 bits per heavy atom. The zero-order valence-corrected chi connectivity index (χ0v) is 8.32. The first-order valence-electron chi connectivity index (χ1n) is 4.94. The Morgan fingerprint density at radius 2 is 2.00 bits per heavy atom. The summed E-state index contributed by atoms with van der Waals surface area (Å²) in [6, 6.07) is 8.12. The predicted molar refractivity (Wildman–Crippen MR) is 54.4 cm³/mol. The average Bonchev–Trinajstić information content (AvgIpc) is 2.20. The van der Waals surface area contributed by atoms with Crippen LogP contribution in [0.15, 0.2) is 24.3 Å². The number of aryl methyl sites for hydroxylation is 1. The average molecular weight is 190 g/mol. The highest BCUT2D eigenvalue weighted by atomic mass is 16.5. The van der Waals surface area contributed by atoms with Gasteiger partial charge < -0.3 is 4.74 Å². The Bertz CT molecular complexity index is 327. The van der Waals surface area contributed by atoms with Crippen LogP contribution in [0.25, 0.3) is 0 Å². The second-order valence-electron chi connectivity index (χ2n) is 3.75. The van der Waals surface area contributed by atoms with E-state index in [1.165, 1.54) is 5.56 Å². The van der Waals surface area contributed by atoms with E-state index >= 15 is 0 Å². The number of hydrogen-bond donors (Lipinski definition) is 0. The molecule has 0 spiro atoms. The minimum atomic E-state index is -0.0376. The molecule has 0 saturated carbocycles. The molecule has 1 aromatic rings. The van der Waals surface area contributed by atoms with Crippen LogP contribution in [0.2, 0.25) is 0 Å². The number of benzene rings is 1. The van der Waals surface area contributed by atoms with Crippen LogP contribution >= 0.6 is 0 Å². The fourth-order valence-corrected chi connectivity index (χ4v) is 1.72. The number of rotatable bonds is 1. The number of carbonyl (C=O) groups excluding carboxylic acids is 1. The zero-order chi connectivity index (χ0) is 9.97. The van der Waals surface area contributed by atoms with Crippen molar-refractivity contribution in [2.75, 3.05) is 13.2 Å². The summed E-state index contributed by atoms with van der Waals surface area (Å²) < 4.78 is 5.32. The van der Waals surface area contributed by atoms with Crippen molar-refractivity contribution in [2.45, 2.75) is 19.3 Å². The van der Waals surface area contributed by atoms with Crippen LogP contribution in [0.4, 0.5) is 0 Å². The summed E-state index contributed by atoms with van der Waals surface area (Å²) in [5, 5.41) is 0. The predicted octanol–water partition coefficient (Wildman–Crippen LogP) is 2.07. The Morgan fingerprint density at radius 3 is 2.64 bits per heavy atom. The molecule has 1 aliphatic rings. The van der Waals surface area contributed by atoms with E-state index in [0.29, 0.717) is 25.4 Å². The van der Waals surface area contributed by atoms with Gasteiger partial charge in [0.25, 0.3) is 0 Å². The van der Waals surface area contributed by atoms with Crippen LogP contribution in [-0.4, -0.2) is 19.0 Å². The molecular formula is C12H14O2. The largest absolute Gasteiger partial charge is 0.380 e. The second-order valence-corrected chi connectivity index (χ2v) is 3.75. The van der Waals surface area contributed by atoms with Gasteiger partial charge in [-0.2, -0.15) is 0 Å². The Hall–Kier alpha value is -1.15. The number of hydrogen-bond acceptors (Lipinski definition) is 2. The summed E-state index contributed by atoms with van der Waals surface area (Å²) in [7, 11) is 0. The van der Waals surface area contributed by atoms with E-state index < -0.39 is 0 Å². The maximum absolute atomic E-state index is 11.6. The standard InChI is InChI=1S/C12H14O2/c1-9-2-4-10(5-3-9)11-8-14-7-6-12(11)13/h2-5,11H,6-8H2,1H3. The van der Waals surface area contributed by atoms with Gasteiger partial charge in [-0.15, -0.1) is 0 Å². The van der Waals surface area contributed by atoms with Gasteiger partial charge in [0.1, 0.15) is 5.78 Å². The van der Waals surface area contributed by atoms with Crippen molar-refractivity contribution in [3.05, 3.63) is 35.4 Å². The summed E-state index contributed by atoms with van der Waals surface area (Å²) in [6.45, 7) is 3.17. The fourth-order valence-electron chi connectivity index (χ4n) is 1.72. The van der Waals surface area contributed by atoms with Crippen molar-refractivity contribution in [1.29, 1.82) is 0 Å². The van der Waals surface area contributed by atoms with Crippen LogP contribution in [-0.2, 0) is 9.53 Å². The molecule has 2 rings (SSSR count). The Labute approximate surface area is 83.9 Å². The van der Waals surface area contributed by atoms with Gasteiger partial charge in [0.05, 0.1) is 19.1 Å². The summed E-state index contributed by atoms with van der Waals surface area (Å²) >= 11 is 0. The van der Waals surface area contributed by atoms with Crippen molar-refractivity contribution in [3.8, 4) is 0 Å². The second kappa shape index (κ2) is 3.93. The summed E-state index contributed by atoms with van der Waals surface area (Å²) in [6.07, 6.45) is 0.554. The van der Waals surface area contributed by atoms with Gasteiger partial charge in [0.2, 0.25) is 0 Å². The van der Waals surface area contributed by atoms with Gasteiger partial charge in [0.15, 0.2) is 0 Å². The van der Waals surface area contributed by atoms with Crippen molar-refractivity contribution >= 4 is 5.78 Å². The van der Waals surface area contributed by atoms with Crippen LogP contribution in [0.1, 0.15) is 23.5 Å². The molecular weight excluding hydrogens is 176 g/mol. The molecule has 1 heterocycles. The Kier molecular flexibility index (Phi) is 2.64. The molecule has 1 unspecified atom stereocenters. The van der Waals surface area contributed by atoms with Crippen LogP contribution in [0.5, 0.6) is 0 Å². The molecule has 0 amide bonds. The molecule has 2 heteroatoms. The highest BCUT2D eigenvalue weighted by Crippen LogP contribution is 2.22. The van der Waals surface area contributed by atoms with E-state index in [-0.39, 0.29) is 5.92 Å². The van der Waals surface area contributed by atoms with E-state index in [0.717, 1.165) is 5.56 Å². The smallest absolute Gasteiger partial charge is 0.144 e. The molecule has 74 valence electrons. The molecule has 1 aromatic carbocycles. The van der Waals surface area contributed by atoms with Crippen molar-refractivity contribution < 1.29 is 9.53 Å². The zero-order valence-electron chi connectivity index (χ0n) is 8.32. The highest BCUT2D eigenvalue weighted by Gasteiger charge is 2.23. The van der Waals surface area contributed by atoms with Crippen LogP contribution < -0.4 is 0 Å². The lowest BCUT2D eigenvalue weighted by Gasteiger charge is -2.21. The molecule has 0 bridgehead atoms. The van der Waals surface area contributed by atoms with E-state index in [1.54, 1.807) is 0 Å². The molecule has 1 fully saturated rings. The third kappa shape index (κ3) is 1.85. The first-order chi connectivity index (χ1) is 6.77. The molecule has 0 aromatic heterocycles. The molecule has 14 heavy (non-hydrogen) atoms. The van der Waals surface area contributed by atoms with Gasteiger partial charge >= 0.3 is 0 Å². The number of ether oxygens (including phenoxy) is 1. The molecule has 0 N–H and O–H groups in total. The van der Waals surface area contributed by atoms with Gasteiger partial charge in [-0.25, -0.2) is 0 Å². The van der Waals surface area contributed by atoms with Gasteiger partial charge in [0, 0.05) is 6.42 Å². The van der Waals surface area contributed by atoms with E-state index in [1.807, 2.05) is 31.2 Å². The van der Waals surface area contributed by atoms with Crippen LogP contribution in [0, 0.1) is 6.92 Å². The monoisotopic (exact) mass is 190 g/mol. The molecule has 1 aliphatic heterocycles. The lowest BCUT2D eigenvalue weighted by molar-refractivity contribution is -0.126. The maximum atomic E-state index is 11.6. The lowest BCUT2D eigenvalue weighted by atomic mass is 9.92. The Balaban J connectivity index is 2.20. The molecule has 1 atom stereocenters. The minimum Gasteiger partial charge on any atom is -0.380 e. The van der Waals surface area contributed by atoms with Crippen molar-refractivity contribution in [3.63, 3.8) is 0 Å². The SMILES string of the molecule is Cc1ccc(C2COCCC2=O)cc1. The number of ketones is 1. The number of carbonyl (C=O) groups is 1. The third-order valence-corrected chi connectivity index (χ3v) is 2.65. The molecule has 0 aliphatic carbocycles. The first kappa shape index (κ1) is 9.41. The first-order valence-corrected chi connectivity index (χ1v) is 4.94. The fraction of sp³-hybridized carbons (Fsp3) is 0.417. The third-order valence-electron chi connectivity index (χ3n) is 2.65. The van der Waals surface area contributed by atoms with E-state index in [4.69, 9.17) is 4.74 Å². The van der Waals surface area contributed by atoms with E-state index in [9.17, 15) is 4.79 Å². The van der Waals surface area contributed by atoms with Crippen LogP contribution in [0.3, 0.4) is 0 Å². The minimum absolute atomic E-state index is 0.0376. The number of Topliss-reactive ketones (excluding diaryl/α,β-unsaturated/α-hetero) is 1. The summed E-state index contributed by atoms with van der Waals surface area (Å²) in [5.74, 6) is 0.268. The van der Waals surface area contributed by atoms with E-state index in [2.05, 4.69) is 0 Å². The van der Waals surface area contributed by atoms with Crippen molar-refractivity contribution in [1.82, 2.24) is 0 Å². The normalized spacial score (nSPS) is 22.4. The quantitative estimate of drug-likeness (QED) is 0.677. The van der Waals surface area contributed by atoms with Gasteiger partial charge in [-0.05, 0) is 12.5 Å². The molecule has 2 nitrogen and oxygen atoms in total. The topological polar surface area (TPSA) is 26.3 Å². The summed E-state index contributed by atoms with van der Waals surface area (Å²) in [5.41, 5.74) is 2.30. The molecule has 0 radical (unpaired) electrons. The maximum Gasteiger partial charge on any atom is 0.144 e. The molecule has 1 saturated heterocycles. The lowest BCUT2D eigenvalue weighted by Crippen LogP contribution is -2.25. The van der Waals surface area contributed by atoms with Crippen molar-refractivity contribution in [2.24, 2.45) is 0 Å².